The lowest BCUT2D eigenvalue weighted by Crippen LogP contribution is -2.51. The van der Waals surface area contributed by atoms with E-state index in [4.69, 9.17) is 10.5 Å². The summed E-state index contributed by atoms with van der Waals surface area (Å²) in [5, 5.41) is 18.5. The van der Waals surface area contributed by atoms with E-state index in [2.05, 4.69) is 34.3 Å². The summed E-state index contributed by atoms with van der Waals surface area (Å²) in [6, 6.07) is 4.08. The number of nitrogens with zero attached hydrogens (tertiary/aromatic N) is 3. The second-order valence-electron chi connectivity index (χ2n) is 13.4. The molecule has 1 atom stereocenters. The van der Waals surface area contributed by atoms with Gasteiger partial charge in [-0.15, -0.1) is 0 Å². The summed E-state index contributed by atoms with van der Waals surface area (Å²) in [6.07, 6.45) is 3.25. The van der Waals surface area contributed by atoms with E-state index in [-0.39, 0.29) is 47.0 Å². The van der Waals surface area contributed by atoms with E-state index in [0.717, 1.165) is 5.56 Å². The number of hydrogen-bond donors (Lipinski definition) is 4. The molecule has 0 unspecified atom stereocenters. The number of rotatable bonds is 12. The molecule has 2 aliphatic rings. The maximum atomic E-state index is 13.7. The van der Waals surface area contributed by atoms with Crippen molar-refractivity contribution >= 4 is 33.5 Å². The molecule has 44 heavy (non-hydrogen) atoms. The minimum absolute atomic E-state index is 0.0327. The van der Waals surface area contributed by atoms with Crippen LogP contribution in [0.1, 0.15) is 72.3 Å². The average molecular weight is 638 g/mol. The van der Waals surface area contributed by atoms with Gasteiger partial charge in [0.05, 0.1) is 17.7 Å². The Morgan fingerprint density at radius 2 is 1.95 bits per heavy atom. The fourth-order valence-electron chi connectivity index (χ4n) is 5.38. The highest BCUT2D eigenvalue weighted by Gasteiger charge is 2.34. The summed E-state index contributed by atoms with van der Waals surface area (Å²) >= 11 is 0. The maximum absolute atomic E-state index is 13.7. The van der Waals surface area contributed by atoms with Crippen LogP contribution < -0.4 is 21.1 Å². The van der Waals surface area contributed by atoms with Crippen molar-refractivity contribution in [3.8, 4) is 0 Å². The smallest absolute Gasteiger partial charge is 0.311 e. The van der Waals surface area contributed by atoms with Crippen LogP contribution in [0.3, 0.4) is 0 Å². The number of nitrogens with one attached hydrogen (secondary N) is 3. The van der Waals surface area contributed by atoms with Crippen molar-refractivity contribution in [3.05, 3.63) is 33.9 Å². The fraction of sp³-hybridized carbons (Fsp3) is 0.690. The minimum atomic E-state index is -4.10. The van der Waals surface area contributed by atoms with Crippen molar-refractivity contribution in [1.29, 1.82) is 0 Å². The Bertz CT molecular complexity index is 1330. The molecular formula is C29H47N7O7S. The molecule has 1 aromatic rings. The number of ether oxygens (including phenoxy) is 1. The quantitative estimate of drug-likeness (QED) is 0.0659. The minimum Gasteiger partial charge on any atom is -0.465 e. The molecule has 0 aliphatic carbocycles. The zero-order valence-electron chi connectivity index (χ0n) is 26.3. The number of carbonyl (C=O) groups is 2. The number of piperidine rings is 1. The molecule has 0 radical (unpaired) electrons. The van der Waals surface area contributed by atoms with Crippen LogP contribution in [0.4, 0.5) is 5.69 Å². The first-order valence-electron chi connectivity index (χ1n) is 15.0. The number of para-hydroxylation sites is 1. The van der Waals surface area contributed by atoms with Gasteiger partial charge in [-0.1, -0.05) is 26.0 Å². The van der Waals surface area contributed by atoms with Gasteiger partial charge in [0.1, 0.15) is 16.0 Å². The summed E-state index contributed by atoms with van der Waals surface area (Å²) in [5.41, 5.74) is 6.33. The molecule has 15 heteroatoms. The van der Waals surface area contributed by atoms with Crippen molar-refractivity contribution in [1.82, 2.24) is 14.9 Å². The third-order valence-corrected chi connectivity index (χ3v) is 9.39. The lowest BCUT2D eigenvalue weighted by molar-refractivity contribution is -0.485. The first-order chi connectivity index (χ1) is 20.5. The van der Waals surface area contributed by atoms with Gasteiger partial charge in [-0.3, -0.25) is 9.59 Å². The lowest BCUT2D eigenvalue weighted by atomic mass is 9.82. The largest absolute Gasteiger partial charge is 0.465 e. The second-order valence-corrected chi connectivity index (χ2v) is 15.1. The number of hydrogen-bond acceptors (Lipinski definition) is 8. The van der Waals surface area contributed by atoms with Gasteiger partial charge in [0.2, 0.25) is 15.9 Å². The predicted octanol–water partition coefficient (Wildman–Crippen LogP) is 2.42. The van der Waals surface area contributed by atoms with E-state index in [1.54, 1.807) is 31.7 Å². The van der Waals surface area contributed by atoms with Gasteiger partial charge in [0, 0.05) is 26.2 Å². The Hall–Kier alpha value is -3.46. The van der Waals surface area contributed by atoms with Crippen molar-refractivity contribution in [2.75, 3.05) is 38.1 Å². The SMILES string of the molecule is CC1(C)CNc2c(cccc2S(=O)(=O)N[C@@H](CCCN/C(N)=N/[N+](=O)[O-])C(=O)N2CCC(CCOC(=O)C(C)(C)C)CC2)C1. The molecule has 14 nitrogen and oxygen atoms in total. The molecule has 1 aromatic carbocycles. The molecule has 2 aliphatic heterocycles. The van der Waals surface area contributed by atoms with E-state index in [0.29, 0.717) is 64.0 Å². The number of amides is 1. The number of carbonyl (C=O) groups excluding carboxylic acids is 2. The van der Waals surface area contributed by atoms with Gasteiger partial charge in [-0.05, 0) is 82.3 Å². The van der Waals surface area contributed by atoms with E-state index in [9.17, 15) is 28.1 Å². The van der Waals surface area contributed by atoms with Crippen LogP contribution in [0.15, 0.2) is 28.2 Å². The third-order valence-electron chi connectivity index (χ3n) is 7.87. The molecule has 0 saturated carbocycles. The highest BCUT2D eigenvalue weighted by atomic mass is 32.2. The molecule has 3 rings (SSSR count). The molecule has 0 bridgehead atoms. The number of nitro groups is 1. The summed E-state index contributed by atoms with van der Waals surface area (Å²) in [7, 11) is -4.10. The number of esters is 1. The van der Waals surface area contributed by atoms with Crippen molar-refractivity contribution in [2.45, 2.75) is 84.1 Å². The molecule has 5 N–H and O–H groups in total. The Morgan fingerprint density at radius 3 is 2.59 bits per heavy atom. The van der Waals surface area contributed by atoms with Crippen molar-refractivity contribution in [2.24, 2.45) is 27.6 Å². The first-order valence-corrected chi connectivity index (χ1v) is 16.5. The number of hydrazone groups is 1. The standard InChI is InChI=1S/C29H47N7O7S/c1-28(2,3)26(38)43-17-13-20-11-15-35(16-12-20)25(37)22(9-7-14-31-27(30)33-36(39)40)34-44(41,42)23-10-6-8-21-18-29(4,5)19-32-24(21)23/h6,8,10,20,22,32,34H,7,9,11-19H2,1-5H3,(H3,30,31,33)/t22-/m0/s1. The Kier molecular flexibility index (Phi) is 11.6. The second kappa shape index (κ2) is 14.5. The monoisotopic (exact) mass is 637 g/mol. The molecule has 0 aromatic heterocycles. The maximum Gasteiger partial charge on any atom is 0.311 e. The number of anilines is 1. The number of guanidine groups is 1. The fourth-order valence-corrected chi connectivity index (χ4v) is 6.83. The molecule has 2 heterocycles. The van der Waals surface area contributed by atoms with Crippen LogP contribution in [0.5, 0.6) is 0 Å². The predicted molar refractivity (Wildman–Crippen MR) is 167 cm³/mol. The van der Waals surface area contributed by atoms with Crippen LogP contribution in [0.2, 0.25) is 0 Å². The number of sulfonamides is 1. The molecule has 246 valence electrons. The zero-order chi connectivity index (χ0) is 32.7. The van der Waals surface area contributed by atoms with Gasteiger partial charge in [-0.25, -0.2) is 18.5 Å². The molecule has 1 fully saturated rings. The first kappa shape index (κ1) is 35.0. The normalized spacial score (nSPS) is 18.1. The summed E-state index contributed by atoms with van der Waals surface area (Å²) in [4.78, 5) is 38.1. The zero-order valence-corrected chi connectivity index (χ0v) is 27.2. The highest BCUT2D eigenvalue weighted by molar-refractivity contribution is 7.89. The molecular weight excluding hydrogens is 590 g/mol. The van der Waals surface area contributed by atoms with Crippen LogP contribution in [0, 0.1) is 26.9 Å². The van der Waals surface area contributed by atoms with Crippen LogP contribution in [-0.4, -0.2) is 75.0 Å². The topological polar surface area (TPSA) is 198 Å². The van der Waals surface area contributed by atoms with Gasteiger partial charge >= 0.3 is 5.97 Å². The van der Waals surface area contributed by atoms with E-state index < -0.39 is 26.5 Å². The summed E-state index contributed by atoms with van der Waals surface area (Å²) in [5.74, 6) is -0.684. The van der Waals surface area contributed by atoms with Gasteiger partial charge in [0.25, 0.3) is 5.96 Å². The summed E-state index contributed by atoms with van der Waals surface area (Å²) < 4.78 is 35.5. The Morgan fingerprint density at radius 1 is 1.27 bits per heavy atom. The van der Waals surface area contributed by atoms with Gasteiger partial charge in [0.15, 0.2) is 5.03 Å². The van der Waals surface area contributed by atoms with Crippen LogP contribution >= 0.6 is 0 Å². The van der Waals surface area contributed by atoms with E-state index >= 15 is 0 Å². The van der Waals surface area contributed by atoms with Crippen LogP contribution in [0.25, 0.3) is 0 Å². The average Bonchev–Trinajstić information content (AvgIpc) is 2.92. The number of benzene rings is 1. The number of likely N-dealkylation sites (tertiary alicyclic amines) is 1. The third kappa shape index (κ3) is 10.0. The molecule has 1 amide bonds. The Balaban J connectivity index is 1.69. The lowest BCUT2D eigenvalue weighted by Gasteiger charge is -2.35. The van der Waals surface area contributed by atoms with Crippen molar-refractivity contribution in [3.63, 3.8) is 0 Å². The van der Waals surface area contributed by atoms with Crippen LogP contribution in [-0.2, 0) is 30.8 Å². The van der Waals surface area contributed by atoms with Gasteiger partial charge < -0.3 is 26.0 Å². The number of nitrogens with two attached hydrogens (primary N) is 1. The number of fused-ring (bicyclic) bond motifs is 1. The van der Waals surface area contributed by atoms with E-state index in [1.807, 2.05) is 6.07 Å². The highest BCUT2D eigenvalue weighted by Crippen LogP contribution is 2.36. The van der Waals surface area contributed by atoms with E-state index in [1.165, 1.54) is 6.07 Å². The summed E-state index contributed by atoms with van der Waals surface area (Å²) in [6.45, 7) is 11.6. The van der Waals surface area contributed by atoms with Gasteiger partial charge in [-0.2, -0.15) is 4.72 Å². The Labute approximate surface area is 259 Å². The molecule has 0 spiro atoms. The van der Waals surface area contributed by atoms with Crippen molar-refractivity contribution < 1.29 is 27.8 Å². The molecule has 1 saturated heterocycles.